The van der Waals surface area contributed by atoms with E-state index in [0.717, 1.165) is 18.6 Å². The number of hydrogen-bond donors (Lipinski definition) is 1. The molecule has 1 rings (SSSR count). The van der Waals surface area contributed by atoms with Gasteiger partial charge in [0.1, 0.15) is 0 Å². The molecule has 2 unspecified atom stereocenters. The number of likely N-dealkylation sites (N-methyl/N-ethyl adjacent to an activating group) is 1. The van der Waals surface area contributed by atoms with Crippen molar-refractivity contribution in [2.75, 3.05) is 13.6 Å². The van der Waals surface area contributed by atoms with Crippen LogP contribution in [0.3, 0.4) is 0 Å². The molecule has 2 atom stereocenters. The molecule has 0 radical (unpaired) electrons. The summed E-state index contributed by atoms with van der Waals surface area (Å²) in [6.45, 7) is 12.9. The molecule has 0 amide bonds. The van der Waals surface area contributed by atoms with Crippen LogP contribution in [0.15, 0.2) is 0 Å². The quantitative estimate of drug-likeness (QED) is 0.746. The Hall–Kier alpha value is -0.0800. The maximum atomic E-state index is 3.81. The van der Waals surface area contributed by atoms with Crippen molar-refractivity contribution in [1.82, 2.24) is 10.2 Å². The fourth-order valence-electron chi connectivity index (χ4n) is 3.65. The summed E-state index contributed by atoms with van der Waals surface area (Å²) in [5, 5.41) is 3.81. The van der Waals surface area contributed by atoms with Gasteiger partial charge in [-0.25, -0.2) is 0 Å². The third-order valence-corrected chi connectivity index (χ3v) is 4.97. The highest BCUT2D eigenvalue weighted by Crippen LogP contribution is 2.40. The third kappa shape index (κ3) is 3.48. The molecule has 0 spiro atoms. The van der Waals surface area contributed by atoms with Crippen LogP contribution in [0.25, 0.3) is 0 Å². The molecule has 0 aromatic carbocycles. The summed E-state index contributed by atoms with van der Waals surface area (Å²) in [5.41, 5.74) is 0.445. The van der Waals surface area contributed by atoms with Crippen LogP contribution in [0.2, 0.25) is 0 Å². The summed E-state index contributed by atoms with van der Waals surface area (Å²) in [6.07, 6.45) is 6.47. The summed E-state index contributed by atoms with van der Waals surface area (Å²) in [6, 6.07) is 2.12. The average molecular weight is 254 g/mol. The van der Waals surface area contributed by atoms with Crippen LogP contribution in [-0.2, 0) is 0 Å². The smallest absolute Gasteiger partial charge is 0.0274 e. The molecule has 2 nitrogen and oxygen atoms in total. The van der Waals surface area contributed by atoms with E-state index in [4.69, 9.17) is 0 Å². The molecule has 1 aliphatic carbocycles. The summed E-state index contributed by atoms with van der Waals surface area (Å²) in [5.74, 6) is 0. The maximum Gasteiger partial charge on any atom is 0.0274 e. The number of nitrogens with zero attached hydrogens (tertiary/aromatic N) is 1. The van der Waals surface area contributed by atoms with Gasteiger partial charge in [0.25, 0.3) is 0 Å². The molecule has 18 heavy (non-hydrogen) atoms. The van der Waals surface area contributed by atoms with Crippen LogP contribution in [0, 0.1) is 5.41 Å². The predicted molar refractivity (Wildman–Crippen MR) is 81.0 cm³/mol. The highest BCUT2D eigenvalue weighted by Gasteiger charge is 2.43. The second-order valence-corrected chi connectivity index (χ2v) is 6.66. The summed E-state index contributed by atoms with van der Waals surface area (Å²) >= 11 is 0. The Morgan fingerprint density at radius 2 is 1.83 bits per heavy atom. The van der Waals surface area contributed by atoms with E-state index in [1.165, 1.54) is 32.1 Å². The van der Waals surface area contributed by atoms with Crippen molar-refractivity contribution in [3.63, 3.8) is 0 Å². The van der Waals surface area contributed by atoms with Crippen LogP contribution < -0.4 is 5.32 Å². The second-order valence-electron chi connectivity index (χ2n) is 6.66. The van der Waals surface area contributed by atoms with Gasteiger partial charge in [-0.05, 0) is 51.1 Å². The first-order chi connectivity index (χ1) is 8.47. The van der Waals surface area contributed by atoms with E-state index in [2.05, 4.69) is 51.9 Å². The van der Waals surface area contributed by atoms with Crippen molar-refractivity contribution < 1.29 is 0 Å². The topological polar surface area (TPSA) is 15.3 Å². The Kier molecular flexibility index (Phi) is 6.13. The van der Waals surface area contributed by atoms with Crippen LogP contribution in [-0.4, -0.2) is 36.6 Å². The van der Waals surface area contributed by atoms with Gasteiger partial charge >= 0.3 is 0 Å². The molecule has 1 aliphatic rings. The fourth-order valence-corrected chi connectivity index (χ4v) is 3.65. The fraction of sp³-hybridized carbons (Fsp3) is 1.00. The van der Waals surface area contributed by atoms with Crippen molar-refractivity contribution >= 4 is 0 Å². The molecule has 0 bridgehead atoms. The van der Waals surface area contributed by atoms with Crippen LogP contribution in [0.4, 0.5) is 0 Å². The minimum atomic E-state index is 0.445. The molecule has 108 valence electrons. The molecule has 1 fully saturated rings. The zero-order valence-corrected chi connectivity index (χ0v) is 13.4. The first-order valence-corrected chi connectivity index (χ1v) is 7.93. The summed E-state index contributed by atoms with van der Waals surface area (Å²) < 4.78 is 0. The third-order valence-electron chi connectivity index (χ3n) is 4.97. The monoisotopic (exact) mass is 254 g/mol. The lowest BCUT2D eigenvalue weighted by atomic mass is 9.86. The minimum absolute atomic E-state index is 0.445. The van der Waals surface area contributed by atoms with E-state index in [0.29, 0.717) is 11.5 Å². The summed E-state index contributed by atoms with van der Waals surface area (Å²) in [4.78, 5) is 2.65. The van der Waals surface area contributed by atoms with E-state index in [-0.39, 0.29) is 0 Å². The second kappa shape index (κ2) is 6.91. The predicted octanol–water partition coefficient (Wildman–Crippen LogP) is 3.66. The number of nitrogens with one attached hydrogen (secondary N) is 1. The van der Waals surface area contributed by atoms with Gasteiger partial charge in [0.05, 0.1) is 0 Å². The van der Waals surface area contributed by atoms with E-state index in [1.807, 2.05) is 0 Å². The molecule has 2 heteroatoms. The first-order valence-electron chi connectivity index (χ1n) is 7.93. The molecule has 1 saturated carbocycles. The molecular formula is C16H34N2. The van der Waals surface area contributed by atoms with Crippen molar-refractivity contribution in [2.45, 2.75) is 84.8 Å². The van der Waals surface area contributed by atoms with Gasteiger partial charge in [-0.1, -0.05) is 34.6 Å². The van der Waals surface area contributed by atoms with Crippen molar-refractivity contribution in [2.24, 2.45) is 5.41 Å². The van der Waals surface area contributed by atoms with Crippen LogP contribution in [0.5, 0.6) is 0 Å². The number of hydrogen-bond acceptors (Lipinski definition) is 2. The standard InChI is InChI=1S/C16H34N2/c1-7-12-17-15-14(10-11-16(15,4)5)18(6)13(8-2)9-3/h13-15,17H,7-12H2,1-6H3. The van der Waals surface area contributed by atoms with Crippen molar-refractivity contribution in [3.05, 3.63) is 0 Å². The molecule has 1 N–H and O–H groups in total. The van der Waals surface area contributed by atoms with E-state index in [1.54, 1.807) is 0 Å². The Morgan fingerprint density at radius 1 is 1.22 bits per heavy atom. The highest BCUT2D eigenvalue weighted by molar-refractivity contribution is 5.01. The van der Waals surface area contributed by atoms with Crippen molar-refractivity contribution in [1.29, 1.82) is 0 Å². The molecule has 0 aliphatic heterocycles. The van der Waals surface area contributed by atoms with E-state index >= 15 is 0 Å². The Morgan fingerprint density at radius 3 is 2.33 bits per heavy atom. The van der Waals surface area contributed by atoms with Gasteiger partial charge in [0.2, 0.25) is 0 Å². The van der Waals surface area contributed by atoms with Crippen LogP contribution >= 0.6 is 0 Å². The lowest BCUT2D eigenvalue weighted by molar-refractivity contribution is 0.122. The van der Waals surface area contributed by atoms with E-state index < -0.39 is 0 Å². The zero-order valence-electron chi connectivity index (χ0n) is 13.4. The van der Waals surface area contributed by atoms with Gasteiger partial charge in [-0.15, -0.1) is 0 Å². The first kappa shape index (κ1) is 16.0. The van der Waals surface area contributed by atoms with Gasteiger partial charge in [-0.3, -0.25) is 4.90 Å². The number of rotatable bonds is 7. The summed E-state index contributed by atoms with van der Waals surface area (Å²) in [7, 11) is 2.34. The Balaban J connectivity index is 2.73. The van der Waals surface area contributed by atoms with Crippen molar-refractivity contribution in [3.8, 4) is 0 Å². The van der Waals surface area contributed by atoms with Gasteiger partial charge in [0, 0.05) is 18.1 Å². The van der Waals surface area contributed by atoms with Gasteiger partial charge < -0.3 is 5.32 Å². The van der Waals surface area contributed by atoms with E-state index in [9.17, 15) is 0 Å². The zero-order chi connectivity index (χ0) is 13.8. The SMILES string of the molecule is CCCNC1C(N(C)C(CC)CC)CCC1(C)C. The largest absolute Gasteiger partial charge is 0.312 e. The lowest BCUT2D eigenvalue weighted by Gasteiger charge is -2.39. The molecule has 0 heterocycles. The highest BCUT2D eigenvalue weighted by atomic mass is 15.2. The Bertz CT molecular complexity index is 233. The molecule has 0 aromatic heterocycles. The minimum Gasteiger partial charge on any atom is -0.312 e. The normalized spacial score (nSPS) is 27.3. The van der Waals surface area contributed by atoms with Crippen LogP contribution in [0.1, 0.15) is 66.7 Å². The maximum absolute atomic E-state index is 3.81. The Labute approximate surface area is 115 Å². The average Bonchev–Trinajstić information content (AvgIpc) is 2.63. The molecule has 0 aromatic rings. The lowest BCUT2D eigenvalue weighted by Crippen LogP contribution is -2.53. The molecular weight excluding hydrogens is 220 g/mol. The van der Waals surface area contributed by atoms with Gasteiger partial charge in [-0.2, -0.15) is 0 Å². The van der Waals surface area contributed by atoms with Gasteiger partial charge in [0.15, 0.2) is 0 Å². The molecule has 0 saturated heterocycles.